The predicted octanol–water partition coefficient (Wildman–Crippen LogP) is 2.57. The summed E-state index contributed by atoms with van der Waals surface area (Å²) < 4.78 is 0. The highest BCUT2D eigenvalue weighted by atomic mass is 16.3. The van der Waals surface area contributed by atoms with E-state index in [1.807, 2.05) is 48.5 Å². The maximum absolute atomic E-state index is 11.4. The van der Waals surface area contributed by atoms with Crippen LogP contribution in [-0.2, 0) is 11.2 Å². The Kier molecular flexibility index (Phi) is 2.61. The minimum atomic E-state index is -0.577. The first-order valence-electron chi connectivity index (χ1n) is 5.90. The van der Waals surface area contributed by atoms with Gasteiger partial charge >= 0.3 is 0 Å². The molecule has 1 amide bonds. The van der Waals surface area contributed by atoms with Crippen LogP contribution in [0.5, 0.6) is 0 Å². The van der Waals surface area contributed by atoms with Gasteiger partial charge in [0, 0.05) is 12.0 Å². The molecule has 0 saturated heterocycles. The summed E-state index contributed by atoms with van der Waals surface area (Å²) in [5, 5.41) is 10.3. The van der Waals surface area contributed by atoms with Gasteiger partial charge in [0.05, 0.1) is 17.5 Å². The molecule has 0 bridgehead atoms. The maximum atomic E-state index is 11.4. The molecular weight excluding hydrogens is 226 g/mol. The minimum Gasteiger partial charge on any atom is -0.388 e. The van der Waals surface area contributed by atoms with Crippen LogP contribution in [0.2, 0.25) is 0 Å². The molecule has 0 aromatic heterocycles. The number of aliphatic hydroxyl groups is 1. The number of amides is 1. The van der Waals surface area contributed by atoms with E-state index in [9.17, 15) is 9.90 Å². The van der Waals surface area contributed by atoms with Crippen molar-refractivity contribution in [3.05, 3.63) is 59.7 Å². The van der Waals surface area contributed by atoms with Gasteiger partial charge in [-0.05, 0) is 17.7 Å². The molecule has 0 saturated carbocycles. The number of carbonyl (C=O) groups excluding carboxylic acids is 1. The van der Waals surface area contributed by atoms with Gasteiger partial charge in [-0.2, -0.15) is 0 Å². The lowest BCUT2D eigenvalue weighted by Crippen LogP contribution is -2.15. The summed E-state index contributed by atoms with van der Waals surface area (Å²) in [5.41, 5.74) is 3.37. The first kappa shape index (κ1) is 11.0. The fourth-order valence-electron chi connectivity index (χ4n) is 2.47. The topological polar surface area (TPSA) is 40.5 Å². The lowest BCUT2D eigenvalue weighted by atomic mass is 10.0. The zero-order valence-corrected chi connectivity index (χ0v) is 9.78. The molecule has 1 aliphatic rings. The highest BCUT2D eigenvalue weighted by Gasteiger charge is 2.24. The van der Waals surface area contributed by atoms with Crippen molar-refractivity contribution in [2.75, 3.05) is 4.90 Å². The van der Waals surface area contributed by atoms with Crippen LogP contribution in [0.4, 0.5) is 11.4 Å². The quantitative estimate of drug-likeness (QED) is 0.777. The summed E-state index contributed by atoms with van der Waals surface area (Å²) in [4.78, 5) is 13.0. The summed E-state index contributed by atoms with van der Waals surface area (Å²) in [6.45, 7) is 0. The molecule has 0 spiro atoms. The SMILES string of the molecule is O=CN1c2ccccc2CC(O)c2ccccc21. The van der Waals surface area contributed by atoms with Crippen LogP contribution < -0.4 is 4.90 Å². The lowest BCUT2D eigenvalue weighted by Gasteiger charge is -2.19. The first-order valence-corrected chi connectivity index (χ1v) is 5.90. The highest BCUT2D eigenvalue weighted by Crippen LogP contribution is 2.38. The maximum Gasteiger partial charge on any atom is 0.218 e. The monoisotopic (exact) mass is 239 g/mol. The summed E-state index contributed by atoms with van der Waals surface area (Å²) in [7, 11) is 0. The number of hydrogen-bond donors (Lipinski definition) is 1. The van der Waals surface area contributed by atoms with Gasteiger partial charge in [-0.25, -0.2) is 0 Å². The molecule has 0 aliphatic carbocycles. The van der Waals surface area contributed by atoms with E-state index in [0.717, 1.165) is 28.9 Å². The van der Waals surface area contributed by atoms with E-state index in [0.29, 0.717) is 6.42 Å². The Morgan fingerprint density at radius 2 is 1.72 bits per heavy atom. The number of anilines is 2. The third-order valence-corrected chi connectivity index (χ3v) is 3.33. The second-order valence-electron chi connectivity index (χ2n) is 4.38. The minimum absolute atomic E-state index is 0.525. The number of para-hydroxylation sites is 2. The number of aliphatic hydroxyl groups excluding tert-OH is 1. The zero-order valence-electron chi connectivity index (χ0n) is 9.78. The van der Waals surface area contributed by atoms with Crippen molar-refractivity contribution < 1.29 is 9.90 Å². The van der Waals surface area contributed by atoms with Crippen molar-refractivity contribution in [1.29, 1.82) is 0 Å². The van der Waals surface area contributed by atoms with Gasteiger partial charge in [0.1, 0.15) is 0 Å². The van der Waals surface area contributed by atoms with Gasteiger partial charge < -0.3 is 5.11 Å². The van der Waals surface area contributed by atoms with Crippen LogP contribution in [-0.4, -0.2) is 11.5 Å². The normalized spacial score (nSPS) is 17.6. The van der Waals surface area contributed by atoms with Crippen molar-refractivity contribution >= 4 is 17.8 Å². The number of fused-ring (bicyclic) bond motifs is 2. The van der Waals surface area contributed by atoms with Gasteiger partial charge in [0.2, 0.25) is 6.41 Å². The van der Waals surface area contributed by atoms with Gasteiger partial charge in [-0.15, -0.1) is 0 Å². The van der Waals surface area contributed by atoms with Gasteiger partial charge in [-0.3, -0.25) is 9.69 Å². The summed E-state index contributed by atoms with van der Waals surface area (Å²) in [5.74, 6) is 0. The first-order chi connectivity index (χ1) is 8.81. The average Bonchev–Trinajstić information content (AvgIpc) is 2.53. The van der Waals surface area contributed by atoms with Crippen LogP contribution in [0.15, 0.2) is 48.5 Å². The Morgan fingerprint density at radius 1 is 1.06 bits per heavy atom. The van der Waals surface area contributed by atoms with E-state index >= 15 is 0 Å². The Morgan fingerprint density at radius 3 is 2.50 bits per heavy atom. The van der Waals surface area contributed by atoms with Crippen LogP contribution in [0, 0.1) is 0 Å². The van der Waals surface area contributed by atoms with Crippen LogP contribution >= 0.6 is 0 Å². The Balaban J connectivity index is 2.26. The van der Waals surface area contributed by atoms with E-state index in [1.165, 1.54) is 0 Å². The van der Waals surface area contributed by atoms with Crippen molar-refractivity contribution in [2.24, 2.45) is 0 Å². The number of rotatable bonds is 1. The summed E-state index contributed by atoms with van der Waals surface area (Å²) in [6, 6.07) is 15.1. The fraction of sp³-hybridized carbons (Fsp3) is 0.133. The molecule has 2 aromatic rings. The molecule has 1 aliphatic heterocycles. The molecule has 90 valence electrons. The predicted molar refractivity (Wildman–Crippen MR) is 69.8 cm³/mol. The largest absolute Gasteiger partial charge is 0.388 e. The van der Waals surface area contributed by atoms with E-state index in [2.05, 4.69) is 0 Å². The second kappa shape index (κ2) is 4.27. The molecule has 3 heteroatoms. The Hall–Kier alpha value is -2.13. The standard InChI is InChI=1S/C15H13NO2/c17-10-16-13-7-3-1-5-11(13)9-15(18)12-6-2-4-8-14(12)16/h1-8,10,15,18H,9H2. The van der Waals surface area contributed by atoms with Crippen LogP contribution in [0.3, 0.4) is 0 Å². The molecule has 1 N–H and O–H groups in total. The fourth-order valence-corrected chi connectivity index (χ4v) is 2.47. The molecule has 0 radical (unpaired) electrons. The van der Waals surface area contributed by atoms with Crippen LogP contribution in [0.1, 0.15) is 17.2 Å². The second-order valence-corrected chi connectivity index (χ2v) is 4.38. The van der Waals surface area contributed by atoms with Crippen molar-refractivity contribution in [1.82, 2.24) is 0 Å². The van der Waals surface area contributed by atoms with Crippen molar-refractivity contribution in [2.45, 2.75) is 12.5 Å². The van der Waals surface area contributed by atoms with Gasteiger partial charge in [0.15, 0.2) is 0 Å². The van der Waals surface area contributed by atoms with E-state index < -0.39 is 6.10 Å². The van der Waals surface area contributed by atoms with E-state index in [1.54, 1.807) is 4.90 Å². The third-order valence-electron chi connectivity index (χ3n) is 3.33. The molecule has 3 nitrogen and oxygen atoms in total. The highest BCUT2D eigenvalue weighted by molar-refractivity contribution is 5.89. The van der Waals surface area contributed by atoms with E-state index in [4.69, 9.17) is 0 Å². The molecule has 1 heterocycles. The number of nitrogens with zero attached hydrogens (tertiary/aromatic N) is 1. The molecule has 2 aromatic carbocycles. The Labute approximate surface area is 105 Å². The number of hydrogen-bond acceptors (Lipinski definition) is 2. The Bertz CT molecular complexity index is 595. The van der Waals surface area contributed by atoms with Gasteiger partial charge in [-0.1, -0.05) is 36.4 Å². The average molecular weight is 239 g/mol. The lowest BCUT2D eigenvalue weighted by molar-refractivity contribution is -0.106. The molecule has 1 unspecified atom stereocenters. The molecule has 3 rings (SSSR count). The summed E-state index contributed by atoms with van der Waals surface area (Å²) in [6.07, 6.45) is 0.750. The molecule has 0 fully saturated rings. The zero-order chi connectivity index (χ0) is 12.5. The number of carbonyl (C=O) groups is 1. The number of benzene rings is 2. The third kappa shape index (κ3) is 1.60. The van der Waals surface area contributed by atoms with Crippen molar-refractivity contribution in [3.8, 4) is 0 Å². The molecule has 1 atom stereocenters. The smallest absolute Gasteiger partial charge is 0.218 e. The summed E-state index contributed by atoms with van der Waals surface area (Å²) >= 11 is 0. The van der Waals surface area contributed by atoms with Gasteiger partial charge in [0.25, 0.3) is 0 Å². The van der Waals surface area contributed by atoms with E-state index in [-0.39, 0.29) is 0 Å². The van der Waals surface area contributed by atoms with Crippen molar-refractivity contribution in [3.63, 3.8) is 0 Å². The van der Waals surface area contributed by atoms with Crippen LogP contribution in [0.25, 0.3) is 0 Å². The molecule has 18 heavy (non-hydrogen) atoms. The molecular formula is C15H13NO2.